The molecule has 1 aromatic heterocycles. The highest BCUT2D eigenvalue weighted by Crippen LogP contribution is 2.16. The van der Waals surface area contributed by atoms with Crippen LogP contribution in [0.5, 0.6) is 0 Å². The van der Waals surface area contributed by atoms with Crippen molar-refractivity contribution in [2.75, 3.05) is 13.2 Å². The van der Waals surface area contributed by atoms with Crippen molar-refractivity contribution in [3.63, 3.8) is 0 Å². The fourth-order valence-corrected chi connectivity index (χ4v) is 2.02. The van der Waals surface area contributed by atoms with E-state index in [1.807, 2.05) is 13.8 Å². The molecule has 0 aliphatic heterocycles. The van der Waals surface area contributed by atoms with E-state index in [0.29, 0.717) is 12.8 Å². The summed E-state index contributed by atoms with van der Waals surface area (Å²) in [4.78, 5) is 28.5. The number of carbonyl (C=O) groups excluding carboxylic acids is 2. The van der Waals surface area contributed by atoms with Crippen LogP contribution in [0.25, 0.3) is 0 Å². The quantitative estimate of drug-likeness (QED) is 0.719. The lowest BCUT2D eigenvalue weighted by molar-refractivity contribution is -0.127. The van der Waals surface area contributed by atoms with Crippen molar-refractivity contribution in [1.29, 1.82) is 0 Å². The molecule has 2 N–H and O–H groups in total. The van der Waals surface area contributed by atoms with Gasteiger partial charge in [0.2, 0.25) is 5.91 Å². The molecule has 0 radical (unpaired) electrons. The Labute approximate surface area is 124 Å². The minimum absolute atomic E-state index is 0.260. The van der Waals surface area contributed by atoms with Gasteiger partial charge < -0.3 is 10.6 Å². The first-order valence-electron chi connectivity index (χ1n) is 7.17. The van der Waals surface area contributed by atoms with Crippen LogP contribution in [0.15, 0.2) is 24.4 Å². The Balaban J connectivity index is 2.80. The molecule has 0 unspecified atom stereocenters. The molecule has 116 valence electrons. The van der Waals surface area contributed by atoms with E-state index in [1.165, 1.54) is 6.20 Å². The van der Waals surface area contributed by atoms with Gasteiger partial charge in [0, 0.05) is 12.7 Å². The second-order valence-corrected chi connectivity index (χ2v) is 4.76. The molecule has 0 aliphatic carbocycles. The number of halogens is 1. The number of amides is 2. The van der Waals surface area contributed by atoms with Crippen molar-refractivity contribution in [3.05, 3.63) is 30.1 Å². The summed E-state index contributed by atoms with van der Waals surface area (Å²) in [5, 5.41) is 5.43. The van der Waals surface area contributed by atoms with Gasteiger partial charge in [-0.2, -0.15) is 0 Å². The lowest BCUT2D eigenvalue weighted by Crippen LogP contribution is -2.58. The van der Waals surface area contributed by atoms with Crippen molar-refractivity contribution < 1.29 is 14.0 Å². The highest BCUT2D eigenvalue weighted by molar-refractivity contribution is 5.98. The van der Waals surface area contributed by atoms with Crippen LogP contribution in [0.1, 0.15) is 43.6 Å². The number of hydrogen-bond donors (Lipinski definition) is 2. The van der Waals surface area contributed by atoms with Gasteiger partial charge in [0.15, 0.2) is 0 Å². The Hall–Kier alpha value is -1.98. The third kappa shape index (κ3) is 4.51. The summed E-state index contributed by atoms with van der Waals surface area (Å²) in [6.07, 6.45) is 2.69. The fourth-order valence-electron chi connectivity index (χ4n) is 2.02. The number of aromatic nitrogens is 1. The van der Waals surface area contributed by atoms with Crippen molar-refractivity contribution in [2.24, 2.45) is 0 Å². The van der Waals surface area contributed by atoms with Crippen LogP contribution in [0.2, 0.25) is 0 Å². The molecule has 5 nitrogen and oxygen atoms in total. The number of carbonyl (C=O) groups is 2. The van der Waals surface area contributed by atoms with E-state index in [0.717, 1.165) is 0 Å². The minimum Gasteiger partial charge on any atom is -0.354 e. The molecule has 0 atom stereocenters. The fraction of sp³-hybridized carbons (Fsp3) is 0.533. The van der Waals surface area contributed by atoms with Crippen molar-refractivity contribution >= 4 is 11.8 Å². The SMILES string of the molecule is CCC(CC)(NC(=O)c1ccccn1)C(=O)NCCCF. The predicted octanol–water partition coefficient (Wildman–Crippen LogP) is 1.85. The molecular formula is C15H22FN3O2. The Bertz CT molecular complexity index is 461. The van der Waals surface area contributed by atoms with E-state index in [1.54, 1.807) is 18.2 Å². The van der Waals surface area contributed by atoms with Crippen LogP contribution in [0.3, 0.4) is 0 Å². The third-order valence-corrected chi connectivity index (χ3v) is 3.49. The van der Waals surface area contributed by atoms with Gasteiger partial charge >= 0.3 is 0 Å². The molecule has 0 saturated carbocycles. The zero-order valence-corrected chi connectivity index (χ0v) is 12.5. The molecule has 2 amide bonds. The van der Waals surface area contributed by atoms with Gasteiger partial charge in [-0.3, -0.25) is 19.0 Å². The first kappa shape index (κ1) is 17.1. The first-order chi connectivity index (χ1) is 10.1. The van der Waals surface area contributed by atoms with Gasteiger partial charge in [0.05, 0.1) is 6.67 Å². The van der Waals surface area contributed by atoms with Crippen molar-refractivity contribution in [1.82, 2.24) is 15.6 Å². The molecule has 1 heterocycles. The van der Waals surface area contributed by atoms with Crippen LogP contribution >= 0.6 is 0 Å². The van der Waals surface area contributed by atoms with E-state index in [4.69, 9.17) is 0 Å². The Kier molecular flexibility index (Phi) is 6.78. The molecule has 0 bridgehead atoms. The highest BCUT2D eigenvalue weighted by Gasteiger charge is 2.36. The lowest BCUT2D eigenvalue weighted by Gasteiger charge is -2.31. The number of nitrogens with zero attached hydrogens (tertiary/aromatic N) is 1. The summed E-state index contributed by atoms with van der Waals surface area (Å²) in [6.45, 7) is 3.44. The lowest BCUT2D eigenvalue weighted by atomic mass is 9.91. The van der Waals surface area contributed by atoms with E-state index < -0.39 is 12.2 Å². The summed E-state index contributed by atoms with van der Waals surface area (Å²) < 4.78 is 12.1. The maximum atomic E-state index is 12.3. The maximum absolute atomic E-state index is 12.3. The summed E-state index contributed by atoms with van der Waals surface area (Å²) in [5.41, 5.74) is -0.731. The third-order valence-electron chi connectivity index (χ3n) is 3.49. The summed E-state index contributed by atoms with van der Waals surface area (Å²) in [6, 6.07) is 5.02. The topological polar surface area (TPSA) is 71.1 Å². The first-order valence-corrected chi connectivity index (χ1v) is 7.17. The summed E-state index contributed by atoms with van der Waals surface area (Å²) >= 11 is 0. The van der Waals surface area contributed by atoms with Gasteiger partial charge in [0.1, 0.15) is 11.2 Å². The summed E-state index contributed by atoms with van der Waals surface area (Å²) in [7, 11) is 0. The van der Waals surface area contributed by atoms with E-state index in [-0.39, 0.29) is 30.5 Å². The number of alkyl halides is 1. The number of nitrogens with one attached hydrogen (secondary N) is 2. The van der Waals surface area contributed by atoms with Crippen LogP contribution < -0.4 is 10.6 Å². The largest absolute Gasteiger partial charge is 0.354 e. The molecule has 1 aromatic rings. The number of pyridine rings is 1. The van der Waals surface area contributed by atoms with Gasteiger partial charge in [-0.25, -0.2) is 0 Å². The van der Waals surface area contributed by atoms with Crippen LogP contribution in [0, 0.1) is 0 Å². The van der Waals surface area contributed by atoms with Crippen LogP contribution in [-0.2, 0) is 4.79 Å². The minimum atomic E-state index is -0.995. The number of hydrogen-bond acceptors (Lipinski definition) is 3. The highest BCUT2D eigenvalue weighted by atomic mass is 19.1. The van der Waals surface area contributed by atoms with Gasteiger partial charge in [-0.1, -0.05) is 19.9 Å². The second kappa shape index (κ2) is 8.34. The normalized spacial score (nSPS) is 11.0. The molecule has 0 saturated heterocycles. The Morgan fingerprint density at radius 2 is 2.00 bits per heavy atom. The predicted molar refractivity (Wildman–Crippen MR) is 78.6 cm³/mol. The zero-order valence-electron chi connectivity index (χ0n) is 12.5. The maximum Gasteiger partial charge on any atom is 0.270 e. The Morgan fingerprint density at radius 3 is 2.52 bits per heavy atom. The van der Waals surface area contributed by atoms with Crippen LogP contribution in [-0.4, -0.2) is 35.6 Å². The van der Waals surface area contributed by atoms with Gasteiger partial charge in [-0.05, 0) is 31.4 Å². The van der Waals surface area contributed by atoms with Gasteiger partial charge in [0.25, 0.3) is 5.91 Å². The summed E-state index contributed by atoms with van der Waals surface area (Å²) in [5.74, 6) is -0.676. The zero-order chi connectivity index (χ0) is 15.7. The number of rotatable bonds is 8. The molecular weight excluding hydrogens is 273 g/mol. The van der Waals surface area contributed by atoms with Crippen LogP contribution in [0.4, 0.5) is 4.39 Å². The molecule has 0 spiro atoms. The van der Waals surface area contributed by atoms with Gasteiger partial charge in [-0.15, -0.1) is 0 Å². The average Bonchev–Trinajstić information content (AvgIpc) is 2.53. The Morgan fingerprint density at radius 1 is 1.29 bits per heavy atom. The average molecular weight is 295 g/mol. The molecule has 0 aliphatic rings. The molecule has 0 aromatic carbocycles. The van der Waals surface area contributed by atoms with E-state index >= 15 is 0 Å². The molecule has 0 fully saturated rings. The van der Waals surface area contributed by atoms with E-state index in [9.17, 15) is 14.0 Å². The molecule has 6 heteroatoms. The second-order valence-electron chi connectivity index (χ2n) is 4.76. The monoisotopic (exact) mass is 295 g/mol. The van der Waals surface area contributed by atoms with Crippen molar-refractivity contribution in [3.8, 4) is 0 Å². The van der Waals surface area contributed by atoms with E-state index in [2.05, 4.69) is 15.6 Å². The molecule has 21 heavy (non-hydrogen) atoms. The molecule has 1 rings (SSSR count). The van der Waals surface area contributed by atoms with Crippen molar-refractivity contribution in [2.45, 2.75) is 38.6 Å². The standard InChI is InChI=1S/C15H22FN3O2/c1-3-15(4-2,14(21)18-11-7-9-16)19-13(20)12-8-5-6-10-17-12/h5-6,8,10H,3-4,7,9,11H2,1-2H3,(H,18,21)(H,19,20). The smallest absolute Gasteiger partial charge is 0.270 e.